The van der Waals surface area contributed by atoms with E-state index in [-0.39, 0.29) is 55.4 Å². The second-order valence-corrected chi connectivity index (χ2v) is 13.4. The molecule has 11 nitrogen and oxygen atoms in total. The summed E-state index contributed by atoms with van der Waals surface area (Å²) in [6, 6.07) is 5.85. The van der Waals surface area contributed by atoms with Crippen molar-refractivity contribution in [2.75, 3.05) is 36.2 Å². The van der Waals surface area contributed by atoms with Crippen LogP contribution in [0.25, 0.3) is 0 Å². The second-order valence-electron chi connectivity index (χ2n) is 11.1. The Bertz CT molecular complexity index is 1150. The third-order valence-electron chi connectivity index (χ3n) is 7.69. The number of hydrogen-bond acceptors (Lipinski definition) is 9. The molecule has 244 valence electrons. The summed E-state index contributed by atoms with van der Waals surface area (Å²) in [5.74, 6) is -0.406. The van der Waals surface area contributed by atoms with Crippen LogP contribution in [0.5, 0.6) is 0 Å². The van der Waals surface area contributed by atoms with Crippen molar-refractivity contribution in [3.8, 4) is 0 Å². The van der Waals surface area contributed by atoms with Crippen molar-refractivity contribution < 1.29 is 24.0 Å². The Balaban J connectivity index is 1.95. The fourth-order valence-electron chi connectivity index (χ4n) is 4.80. The van der Waals surface area contributed by atoms with E-state index in [0.29, 0.717) is 48.7 Å². The third kappa shape index (κ3) is 12.2. The van der Waals surface area contributed by atoms with E-state index in [0.717, 1.165) is 12.0 Å². The number of rotatable bonds is 20. The number of urea groups is 1. The van der Waals surface area contributed by atoms with Crippen molar-refractivity contribution >= 4 is 64.5 Å². The number of carbonyl (C=O) groups excluding carboxylic acids is 5. The van der Waals surface area contributed by atoms with Crippen LogP contribution in [-0.2, 0) is 25.7 Å². The molecule has 1 aliphatic heterocycles. The molecule has 1 unspecified atom stereocenters. The van der Waals surface area contributed by atoms with Crippen LogP contribution in [0, 0.1) is 17.2 Å². The van der Waals surface area contributed by atoms with Crippen molar-refractivity contribution in [2.45, 2.75) is 77.1 Å². The maximum atomic E-state index is 13.4. The van der Waals surface area contributed by atoms with E-state index < -0.39 is 23.2 Å². The number of nitrogens with two attached hydrogens (primary N) is 1. The molecule has 0 radical (unpaired) electrons. The molecule has 5 amide bonds. The minimum atomic E-state index is -0.762. The molecule has 1 aromatic rings. The molecule has 13 heteroatoms. The number of Topliss-reactive ketones (excluding diaryl/α,β-unsaturated/α-hetero) is 1. The van der Waals surface area contributed by atoms with Gasteiger partial charge in [-0.2, -0.15) is 11.8 Å². The van der Waals surface area contributed by atoms with Crippen molar-refractivity contribution in [1.29, 1.82) is 5.41 Å². The molecule has 6 N–H and O–H groups in total. The van der Waals surface area contributed by atoms with Gasteiger partial charge < -0.3 is 27.1 Å². The predicted octanol–water partition coefficient (Wildman–Crippen LogP) is 3.81. The van der Waals surface area contributed by atoms with E-state index >= 15 is 0 Å². The Hall–Kier alpha value is -2.90. The first kappa shape index (κ1) is 37.3. The van der Waals surface area contributed by atoms with Gasteiger partial charge in [0, 0.05) is 49.8 Å². The lowest BCUT2D eigenvalue weighted by atomic mass is 9.85. The summed E-state index contributed by atoms with van der Waals surface area (Å²) >= 11 is 3.00. The van der Waals surface area contributed by atoms with E-state index in [1.165, 1.54) is 16.7 Å². The van der Waals surface area contributed by atoms with Crippen molar-refractivity contribution in [2.24, 2.45) is 17.6 Å². The SMILES string of the molecule is CC[C@H](C)[C@H](CC(=O)[C@H](CCSC)NC(=O)Nc1ccc(CN)cc1)C(=O)NCCN1C(=O)CC(SCCCC(C)=N)C1=O. The Morgan fingerprint density at radius 2 is 1.86 bits per heavy atom. The number of carbonyl (C=O) groups is 5. The molecule has 0 bridgehead atoms. The molecule has 1 aliphatic rings. The fraction of sp³-hybridized carbons (Fsp3) is 0.613. The van der Waals surface area contributed by atoms with Gasteiger partial charge >= 0.3 is 6.03 Å². The third-order valence-corrected chi connectivity index (χ3v) is 9.63. The van der Waals surface area contributed by atoms with Crippen LogP contribution < -0.4 is 21.7 Å². The lowest BCUT2D eigenvalue weighted by Gasteiger charge is -2.25. The molecule has 0 saturated carbocycles. The first-order valence-electron chi connectivity index (χ1n) is 15.2. The van der Waals surface area contributed by atoms with E-state index in [9.17, 15) is 24.0 Å². The number of nitrogens with zero attached hydrogens (tertiary/aromatic N) is 1. The van der Waals surface area contributed by atoms with Gasteiger partial charge in [0.2, 0.25) is 17.7 Å². The Morgan fingerprint density at radius 1 is 1.16 bits per heavy atom. The van der Waals surface area contributed by atoms with Gasteiger partial charge in [0.25, 0.3) is 0 Å². The first-order chi connectivity index (χ1) is 21.0. The summed E-state index contributed by atoms with van der Waals surface area (Å²) in [5, 5.41) is 15.5. The zero-order valence-corrected chi connectivity index (χ0v) is 27.9. The van der Waals surface area contributed by atoms with Gasteiger partial charge in [-0.25, -0.2) is 4.79 Å². The summed E-state index contributed by atoms with van der Waals surface area (Å²) in [7, 11) is 0. The van der Waals surface area contributed by atoms with Crippen LogP contribution >= 0.6 is 23.5 Å². The molecule has 1 heterocycles. The van der Waals surface area contributed by atoms with Gasteiger partial charge in [0.15, 0.2) is 5.78 Å². The van der Waals surface area contributed by atoms with E-state index in [1.54, 1.807) is 30.8 Å². The number of imide groups is 1. The van der Waals surface area contributed by atoms with Gasteiger partial charge in [-0.15, -0.1) is 11.8 Å². The number of ketones is 1. The van der Waals surface area contributed by atoms with E-state index in [2.05, 4.69) is 16.0 Å². The van der Waals surface area contributed by atoms with Gasteiger partial charge in [-0.3, -0.25) is 24.1 Å². The average molecular weight is 649 g/mol. The molecule has 0 aliphatic carbocycles. The lowest BCUT2D eigenvalue weighted by Crippen LogP contribution is -2.46. The highest BCUT2D eigenvalue weighted by Crippen LogP contribution is 2.26. The van der Waals surface area contributed by atoms with Gasteiger partial charge in [-0.05, 0) is 67.6 Å². The quantitative estimate of drug-likeness (QED) is 0.0806. The maximum absolute atomic E-state index is 13.4. The highest BCUT2D eigenvalue weighted by atomic mass is 32.2. The lowest BCUT2D eigenvalue weighted by molar-refractivity contribution is -0.138. The van der Waals surface area contributed by atoms with E-state index in [1.807, 2.05) is 32.2 Å². The van der Waals surface area contributed by atoms with Crippen LogP contribution in [0.1, 0.15) is 64.9 Å². The number of thioether (sulfide) groups is 2. The number of benzene rings is 1. The van der Waals surface area contributed by atoms with Gasteiger partial charge in [-0.1, -0.05) is 32.4 Å². The summed E-state index contributed by atoms with van der Waals surface area (Å²) in [4.78, 5) is 65.9. The van der Waals surface area contributed by atoms with Gasteiger partial charge in [0.05, 0.1) is 11.3 Å². The molecule has 1 saturated heterocycles. The standard InChI is InChI=1S/C31H48N6O5S2/c1-5-20(2)24(29(40)34-13-14-37-28(39)18-27(30(37)41)44-15-6-7-21(3)33)17-26(38)25(12-16-43-4)36-31(42)35-23-10-8-22(19-32)9-11-23/h8-11,20,24-25,27,33H,5-7,12-19,32H2,1-4H3,(H,34,40)(H2,35,36,42)/t20-,24-,25-,27?/m0/s1. The van der Waals surface area contributed by atoms with E-state index in [4.69, 9.17) is 11.1 Å². The largest absolute Gasteiger partial charge is 0.354 e. The first-order valence-corrected chi connectivity index (χ1v) is 17.6. The number of hydrogen-bond donors (Lipinski definition) is 5. The molecule has 1 fully saturated rings. The van der Waals surface area contributed by atoms with Crippen molar-refractivity contribution in [3.05, 3.63) is 29.8 Å². The molecule has 0 aromatic heterocycles. The number of likely N-dealkylation sites (tertiary alicyclic amines) is 1. The monoisotopic (exact) mass is 648 g/mol. The Morgan fingerprint density at radius 3 is 2.48 bits per heavy atom. The zero-order chi connectivity index (χ0) is 32.6. The summed E-state index contributed by atoms with van der Waals surface area (Å²) < 4.78 is 0. The van der Waals surface area contributed by atoms with Crippen LogP contribution in [0.3, 0.4) is 0 Å². The molecule has 44 heavy (non-hydrogen) atoms. The average Bonchev–Trinajstić information content (AvgIpc) is 3.27. The fourth-order valence-corrected chi connectivity index (χ4v) is 6.39. The topological polar surface area (TPSA) is 175 Å². The van der Waals surface area contributed by atoms with Crippen molar-refractivity contribution in [3.63, 3.8) is 0 Å². The Kier molecular flexibility index (Phi) is 16.5. The minimum Gasteiger partial charge on any atom is -0.354 e. The van der Waals surface area contributed by atoms with Gasteiger partial charge in [0.1, 0.15) is 0 Å². The predicted molar refractivity (Wildman–Crippen MR) is 179 cm³/mol. The second kappa shape index (κ2) is 19.5. The smallest absolute Gasteiger partial charge is 0.319 e. The van der Waals surface area contributed by atoms with Crippen molar-refractivity contribution in [1.82, 2.24) is 15.5 Å². The normalized spacial score (nSPS) is 16.8. The highest BCUT2D eigenvalue weighted by Gasteiger charge is 2.38. The minimum absolute atomic E-state index is 0.0408. The van der Waals surface area contributed by atoms with Crippen LogP contribution in [0.2, 0.25) is 0 Å². The van der Waals surface area contributed by atoms with Crippen LogP contribution in [-0.4, -0.2) is 82.3 Å². The molecular weight excluding hydrogens is 601 g/mol. The number of anilines is 1. The molecule has 2 rings (SSSR count). The Labute approximate surface area is 269 Å². The van der Waals surface area contributed by atoms with Crippen LogP contribution in [0.15, 0.2) is 24.3 Å². The molecule has 0 spiro atoms. The van der Waals surface area contributed by atoms with Crippen LogP contribution in [0.4, 0.5) is 10.5 Å². The summed E-state index contributed by atoms with van der Waals surface area (Å²) in [5.41, 5.74) is 7.73. The number of nitrogens with one attached hydrogen (secondary N) is 4. The number of amides is 5. The molecule has 1 aromatic carbocycles. The summed E-state index contributed by atoms with van der Waals surface area (Å²) in [6.45, 7) is 6.18. The maximum Gasteiger partial charge on any atom is 0.319 e. The molecular formula is C31H48N6O5S2. The summed E-state index contributed by atoms with van der Waals surface area (Å²) in [6.07, 6.45) is 4.57. The zero-order valence-electron chi connectivity index (χ0n) is 26.3. The molecule has 4 atom stereocenters. The highest BCUT2D eigenvalue weighted by molar-refractivity contribution is 8.00.